The van der Waals surface area contributed by atoms with Crippen molar-refractivity contribution in [1.82, 2.24) is 5.32 Å². The zero-order valence-electron chi connectivity index (χ0n) is 16.3. The van der Waals surface area contributed by atoms with Crippen LogP contribution in [0, 0.1) is 0 Å². The Balaban J connectivity index is 2.02. The predicted molar refractivity (Wildman–Crippen MR) is 112 cm³/mol. The van der Waals surface area contributed by atoms with Gasteiger partial charge in [-0.2, -0.15) is 11.8 Å². The Kier molecular flexibility index (Phi) is 8.25. The minimum atomic E-state index is -3.66. The van der Waals surface area contributed by atoms with E-state index in [9.17, 15) is 13.2 Å². The highest BCUT2D eigenvalue weighted by molar-refractivity contribution is 7.98. The lowest BCUT2D eigenvalue weighted by atomic mass is 10.2. The third kappa shape index (κ3) is 6.20. The van der Waals surface area contributed by atoms with Gasteiger partial charge in [0.2, 0.25) is 15.9 Å². The molecule has 1 heterocycles. The van der Waals surface area contributed by atoms with Crippen LogP contribution < -0.4 is 14.4 Å². The number of carbonyl (C=O) groups is 1. The minimum absolute atomic E-state index is 0.325. The number of benzene rings is 1. The second-order valence-corrected chi connectivity index (χ2v) is 9.07. The summed E-state index contributed by atoms with van der Waals surface area (Å²) in [5.74, 6) is 2.49. The van der Waals surface area contributed by atoms with Crippen molar-refractivity contribution < 1.29 is 22.4 Å². The van der Waals surface area contributed by atoms with Crippen molar-refractivity contribution in [3.63, 3.8) is 0 Å². The van der Waals surface area contributed by atoms with Crippen LogP contribution in [-0.4, -0.2) is 46.0 Å². The molecule has 1 atom stereocenters. The molecule has 9 heteroatoms. The summed E-state index contributed by atoms with van der Waals surface area (Å²) in [5.41, 5.74) is 0.399. The van der Waals surface area contributed by atoms with E-state index in [0.29, 0.717) is 30.2 Å². The van der Waals surface area contributed by atoms with Crippen molar-refractivity contribution in [2.75, 3.05) is 30.0 Å². The number of nitrogens with zero attached hydrogens (tertiary/aromatic N) is 1. The number of carbonyl (C=O) groups excluding carboxylic acids is 1. The molecule has 0 spiro atoms. The topological polar surface area (TPSA) is 88.8 Å². The van der Waals surface area contributed by atoms with E-state index in [4.69, 9.17) is 9.15 Å². The highest BCUT2D eigenvalue weighted by Crippen LogP contribution is 2.26. The normalized spacial score (nSPS) is 12.4. The van der Waals surface area contributed by atoms with Crippen molar-refractivity contribution in [1.29, 1.82) is 0 Å². The van der Waals surface area contributed by atoms with Crippen molar-refractivity contribution in [2.24, 2.45) is 0 Å². The van der Waals surface area contributed by atoms with E-state index < -0.39 is 16.1 Å². The monoisotopic (exact) mass is 426 g/mol. The molecule has 2 aromatic rings. The number of anilines is 1. The van der Waals surface area contributed by atoms with Gasteiger partial charge in [0.05, 0.1) is 31.1 Å². The standard InChI is InChI=1S/C19H26N2O5S2/c1-4-18(19(22)20-10-12-27-14-17-9-6-11-26-17)21(28(3,23)24)15-7-5-8-16(13-15)25-2/h5-9,11,13,18H,4,10,12,14H2,1-3H3,(H,20,22). The Hall–Kier alpha value is -2.13. The molecule has 1 amide bonds. The second-order valence-electron chi connectivity index (χ2n) is 6.11. The highest BCUT2D eigenvalue weighted by atomic mass is 32.2. The molecular formula is C19H26N2O5S2. The molecular weight excluding hydrogens is 400 g/mol. The van der Waals surface area contributed by atoms with Gasteiger partial charge in [-0.25, -0.2) is 8.42 Å². The smallest absolute Gasteiger partial charge is 0.243 e. The fraction of sp³-hybridized carbons (Fsp3) is 0.421. The Bertz CT molecular complexity index is 853. The van der Waals surface area contributed by atoms with Crippen LogP contribution in [0.5, 0.6) is 5.75 Å². The average molecular weight is 427 g/mol. The molecule has 28 heavy (non-hydrogen) atoms. The molecule has 0 fully saturated rings. The summed E-state index contributed by atoms with van der Waals surface area (Å²) in [4.78, 5) is 12.7. The summed E-state index contributed by atoms with van der Waals surface area (Å²) in [5, 5.41) is 2.84. The number of methoxy groups -OCH3 is 1. The van der Waals surface area contributed by atoms with Gasteiger partial charge in [-0.05, 0) is 30.7 Å². The van der Waals surface area contributed by atoms with Gasteiger partial charge >= 0.3 is 0 Å². The van der Waals surface area contributed by atoms with E-state index in [0.717, 1.165) is 22.1 Å². The van der Waals surface area contributed by atoms with Crippen molar-refractivity contribution in [3.05, 3.63) is 48.4 Å². The van der Waals surface area contributed by atoms with Crippen molar-refractivity contribution >= 4 is 33.4 Å². The summed E-state index contributed by atoms with van der Waals surface area (Å²) >= 11 is 1.63. The number of thioether (sulfide) groups is 1. The number of furan rings is 1. The minimum Gasteiger partial charge on any atom is -0.497 e. The molecule has 0 saturated heterocycles. The largest absolute Gasteiger partial charge is 0.497 e. The first-order valence-corrected chi connectivity index (χ1v) is 11.9. The van der Waals surface area contributed by atoms with Gasteiger partial charge in [0.1, 0.15) is 17.6 Å². The molecule has 1 aromatic heterocycles. The lowest BCUT2D eigenvalue weighted by Crippen LogP contribution is -2.49. The van der Waals surface area contributed by atoms with Gasteiger partial charge in [-0.1, -0.05) is 13.0 Å². The Morgan fingerprint density at radius 3 is 2.71 bits per heavy atom. The van der Waals surface area contributed by atoms with E-state index in [1.165, 1.54) is 7.11 Å². The summed E-state index contributed by atoms with van der Waals surface area (Å²) < 4.78 is 36.5. The molecule has 2 rings (SSSR count). The van der Waals surface area contributed by atoms with Crippen LogP contribution in [0.15, 0.2) is 47.1 Å². The first-order chi connectivity index (χ1) is 13.4. The third-order valence-corrected chi connectivity index (χ3v) is 6.17. The molecule has 0 saturated carbocycles. The predicted octanol–water partition coefficient (Wildman–Crippen LogP) is 2.88. The molecule has 7 nitrogen and oxygen atoms in total. The average Bonchev–Trinajstić information content (AvgIpc) is 3.18. The highest BCUT2D eigenvalue weighted by Gasteiger charge is 2.31. The fourth-order valence-corrected chi connectivity index (χ4v) is 4.70. The molecule has 0 bridgehead atoms. The van der Waals surface area contributed by atoms with Crippen molar-refractivity contribution in [2.45, 2.75) is 25.1 Å². The number of sulfonamides is 1. The van der Waals surface area contributed by atoms with Crippen LogP contribution in [-0.2, 0) is 20.6 Å². The van der Waals surface area contributed by atoms with Crippen LogP contribution in [0.4, 0.5) is 5.69 Å². The first-order valence-electron chi connectivity index (χ1n) is 8.88. The Morgan fingerprint density at radius 1 is 1.32 bits per heavy atom. The van der Waals surface area contributed by atoms with Gasteiger partial charge in [-0.15, -0.1) is 0 Å². The molecule has 0 aliphatic carbocycles. The van der Waals surface area contributed by atoms with E-state index >= 15 is 0 Å². The van der Waals surface area contributed by atoms with E-state index in [1.807, 2.05) is 12.1 Å². The van der Waals surface area contributed by atoms with Gasteiger partial charge in [0.15, 0.2) is 0 Å². The Labute approximate surface area is 170 Å². The number of rotatable bonds is 11. The summed E-state index contributed by atoms with van der Waals surface area (Å²) in [6, 6.07) is 9.58. The summed E-state index contributed by atoms with van der Waals surface area (Å²) in [6.45, 7) is 2.23. The van der Waals surface area contributed by atoms with E-state index in [-0.39, 0.29) is 5.91 Å². The molecule has 1 aromatic carbocycles. The maximum absolute atomic E-state index is 12.7. The maximum Gasteiger partial charge on any atom is 0.243 e. The van der Waals surface area contributed by atoms with Gasteiger partial charge in [0.25, 0.3) is 0 Å². The van der Waals surface area contributed by atoms with Crippen LogP contribution >= 0.6 is 11.8 Å². The van der Waals surface area contributed by atoms with Gasteiger partial charge in [-0.3, -0.25) is 9.10 Å². The number of hydrogen-bond acceptors (Lipinski definition) is 6. The first kappa shape index (κ1) is 22.2. The maximum atomic E-state index is 12.7. The zero-order chi connectivity index (χ0) is 20.6. The van der Waals surface area contributed by atoms with Gasteiger partial charge in [0, 0.05) is 18.4 Å². The van der Waals surface area contributed by atoms with Crippen LogP contribution in [0.25, 0.3) is 0 Å². The number of hydrogen-bond donors (Lipinski definition) is 1. The number of nitrogens with one attached hydrogen (secondary N) is 1. The summed E-state index contributed by atoms with van der Waals surface area (Å²) in [7, 11) is -2.16. The van der Waals surface area contributed by atoms with Crippen LogP contribution in [0.3, 0.4) is 0 Å². The van der Waals surface area contributed by atoms with E-state index in [2.05, 4.69) is 5.32 Å². The number of ether oxygens (including phenoxy) is 1. The fourth-order valence-electron chi connectivity index (χ4n) is 2.74. The molecule has 1 unspecified atom stereocenters. The quantitative estimate of drug-likeness (QED) is 0.556. The SMILES string of the molecule is CCC(C(=O)NCCSCc1ccco1)N(c1cccc(OC)c1)S(C)(=O)=O. The lowest BCUT2D eigenvalue weighted by Gasteiger charge is -2.30. The summed E-state index contributed by atoms with van der Waals surface area (Å²) in [6.07, 6.45) is 3.07. The molecule has 0 aliphatic heterocycles. The molecule has 0 radical (unpaired) electrons. The van der Waals surface area contributed by atoms with Crippen LogP contribution in [0.2, 0.25) is 0 Å². The molecule has 1 N–H and O–H groups in total. The zero-order valence-corrected chi connectivity index (χ0v) is 17.9. The van der Waals surface area contributed by atoms with E-state index in [1.54, 1.807) is 49.2 Å². The van der Waals surface area contributed by atoms with Gasteiger partial charge < -0.3 is 14.5 Å². The van der Waals surface area contributed by atoms with Crippen molar-refractivity contribution in [3.8, 4) is 5.75 Å². The number of amides is 1. The molecule has 0 aliphatic rings. The lowest BCUT2D eigenvalue weighted by molar-refractivity contribution is -0.122. The Morgan fingerprint density at radius 2 is 2.11 bits per heavy atom. The van der Waals surface area contributed by atoms with Crippen LogP contribution in [0.1, 0.15) is 19.1 Å². The second kappa shape index (κ2) is 10.4. The third-order valence-electron chi connectivity index (χ3n) is 4.01. The molecule has 154 valence electrons.